The second kappa shape index (κ2) is 15.4. The van der Waals surface area contributed by atoms with Gasteiger partial charge in [0.15, 0.2) is 0 Å². The second-order valence-corrected chi connectivity index (χ2v) is 14.5. The maximum absolute atomic E-state index is 13.9. The molecule has 60 heavy (non-hydrogen) atoms. The highest BCUT2D eigenvalue weighted by Crippen LogP contribution is 2.47. The number of anilines is 4. The molecule has 2 aliphatic carbocycles. The molecule has 8 rings (SSSR count). The highest BCUT2D eigenvalue weighted by Gasteiger charge is 2.44. The molecule has 2 saturated carbocycles. The molecule has 18 heteroatoms. The smallest absolute Gasteiger partial charge is 0.398 e. The summed E-state index contributed by atoms with van der Waals surface area (Å²) >= 11 is 0. The Morgan fingerprint density at radius 3 is 1.35 bits per heavy atom. The van der Waals surface area contributed by atoms with Gasteiger partial charge in [-0.1, -0.05) is 0 Å². The van der Waals surface area contributed by atoms with E-state index in [0.717, 1.165) is 0 Å². The van der Waals surface area contributed by atoms with Crippen LogP contribution in [0.4, 0.5) is 49.4 Å². The standard InChI is InChI=1S/2C21H16F3N5O/c2*1-10-2-3-27-8-15(10)14-4-11-6-17(29-20(30)13-5-12(13)7-25)28-9-16(11)19(26)18(14)21(22,23)24/h2*2-4,6,8-9,12-13H,5,26H2,1H3,(H,28,29,30)/t2*12-,13+/m10/s1. The summed E-state index contributed by atoms with van der Waals surface area (Å²) in [6.45, 7) is 3.38. The first-order valence-electron chi connectivity index (χ1n) is 18.2. The summed E-state index contributed by atoms with van der Waals surface area (Å²) in [5, 5.41) is 24.0. The maximum Gasteiger partial charge on any atom is 0.419 e. The van der Waals surface area contributed by atoms with Gasteiger partial charge in [0.25, 0.3) is 0 Å². The maximum atomic E-state index is 13.9. The molecule has 6 aromatic rings. The number of nitrogens with one attached hydrogen (secondary N) is 2. The lowest BCUT2D eigenvalue weighted by Gasteiger charge is -2.19. The monoisotopic (exact) mass is 822 g/mol. The number of rotatable bonds is 6. The third-order valence-corrected chi connectivity index (χ3v) is 10.4. The van der Waals surface area contributed by atoms with Crippen LogP contribution in [-0.2, 0) is 21.9 Å². The first-order chi connectivity index (χ1) is 28.4. The molecule has 2 aliphatic rings. The van der Waals surface area contributed by atoms with E-state index in [0.29, 0.717) is 45.9 Å². The summed E-state index contributed by atoms with van der Waals surface area (Å²) in [5.41, 5.74) is 10.8. The van der Waals surface area contributed by atoms with Gasteiger partial charge in [-0.25, -0.2) is 9.97 Å². The number of benzene rings is 2. The summed E-state index contributed by atoms with van der Waals surface area (Å²) in [6.07, 6.45) is -0.226. The van der Waals surface area contributed by atoms with Gasteiger partial charge in [-0.2, -0.15) is 36.9 Å². The summed E-state index contributed by atoms with van der Waals surface area (Å²) in [7, 11) is 0. The number of carbonyl (C=O) groups is 2. The van der Waals surface area contributed by atoms with Crippen molar-refractivity contribution in [2.24, 2.45) is 23.7 Å². The molecule has 4 atom stereocenters. The molecule has 6 N–H and O–H groups in total. The molecule has 2 amide bonds. The Labute approximate surface area is 337 Å². The van der Waals surface area contributed by atoms with E-state index in [-0.39, 0.29) is 57.2 Å². The highest BCUT2D eigenvalue weighted by molar-refractivity contribution is 6.03. The van der Waals surface area contributed by atoms with Gasteiger partial charge < -0.3 is 22.1 Å². The third kappa shape index (κ3) is 8.04. The largest absolute Gasteiger partial charge is 0.419 e. The van der Waals surface area contributed by atoms with Crippen LogP contribution < -0.4 is 22.1 Å². The molecule has 304 valence electrons. The van der Waals surface area contributed by atoms with Crippen molar-refractivity contribution in [3.8, 4) is 34.4 Å². The Bertz CT molecular complexity index is 2620. The van der Waals surface area contributed by atoms with E-state index in [1.807, 2.05) is 12.1 Å². The SMILES string of the molecule is Cc1ccncc1-c1cc2cc(NC(=O)[C@@H]3C[C@H]3C#N)ncc2c(N)c1C(F)(F)F.Cc1ccncc1-c1cc2cc(NC(=O)[C@H]3C[C@@H]3C#N)ncc2c(N)c1C(F)(F)F. The average molecular weight is 823 g/mol. The molecule has 0 unspecified atom stereocenters. The van der Waals surface area contributed by atoms with Crippen LogP contribution in [0.3, 0.4) is 0 Å². The molecule has 0 aliphatic heterocycles. The highest BCUT2D eigenvalue weighted by atomic mass is 19.4. The number of pyridine rings is 4. The number of alkyl halides is 6. The van der Waals surface area contributed by atoms with Gasteiger partial charge in [0.05, 0.1) is 58.3 Å². The number of halogens is 6. The predicted molar refractivity (Wildman–Crippen MR) is 210 cm³/mol. The Balaban J connectivity index is 0.000000181. The van der Waals surface area contributed by atoms with E-state index in [2.05, 4.69) is 30.6 Å². The van der Waals surface area contributed by atoms with Crippen LogP contribution in [0, 0.1) is 60.2 Å². The lowest BCUT2D eigenvalue weighted by Crippen LogP contribution is -2.16. The van der Waals surface area contributed by atoms with Gasteiger partial charge in [0.2, 0.25) is 11.8 Å². The number of hydrogen-bond acceptors (Lipinski definition) is 10. The number of carbonyl (C=O) groups excluding carboxylic acids is 2. The van der Waals surface area contributed by atoms with Gasteiger partial charge in [0, 0.05) is 59.1 Å². The molecule has 2 fully saturated rings. The second-order valence-electron chi connectivity index (χ2n) is 14.5. The summed E-state index contributed by atoms with van der Waals surface area (Å²) in [5.74, 6) is -1.70. The van der Waals surface area contributed by atoms with E-state index in [4.69, 9.17) is 22.0 Å². The van der Waals surface area contributed by atoms with Crippen molar-refractivity contribution in [1.82, 2.24) is 19.9 Å². The first-order valence-corrected chi connectivity index (χ1v) is 18.2. The van der Waals surface area contributed by atoms with Crippen molar-refractivity contribution in [2.75, 3.05) is 22.1 Å². The van der Waals surface area contributed by atoms with Crippen LogP contribution in [0.1, 0.15) is 35.1 Å². The molecular weight excluding hydrogens is 791 g/mol. The zero-order chi connectivity index (χ0) is 43.3. The number of amides is 2. The fourth-order valence-corrected chi connectivity index (χ4v) is 7.00. The molecule has 4 heterocycles. The molecular formula is C42H32F6N10O2. The minimum Gasteiger partial charge on any atom is -0.398 e. The number of nitrogens with zero attached hydrogens (tertiary/aromatic N) is 6. The van der Waals surface area contributed by atoms with Gasteiger partial charge in [-0.05, 0) is 96.1 Å². The average Bonchev–Trinajstić information content (AvgIpc) is 4.12. The molecule has 0 spiro atoms. The Kier molecular flexibility index (Phi) is 10.5. The fraction of sp³-hybridized carbons (Fsp3) is 0.238. The Hall–Kier alpha value is -7.34. The van der Waals surface area contributed by atoms with Gasteiger partial charge >= 0.3 is 12.4 Å². The minimum absolute atomic E-state index is 0.0895. The number of aryl methyl sites for hydroxylation is 2. The van der Waals surface area contributed by atoms with Crippen molar-refractivity contribution in [3.63, 3.8) is 0 Å². The van der Waals surface area contributed by atoms with E-state index in [1.54, 1.807) is 26.0 Å². The first kappa shape index (κ1) is 40.8. The van der Waals surface area contributed by atoms with Crippen molar-refractivity contribution >= 4 is 56.4 Å². The van der Waals surface area contributed by atoms with E-state index < -0.39 is 46.7 Å². The zero-order valence-electron chi connectivity index (χ0n) is 31.6. The number of nitrogen functional groups attached to an aromatic ring is 2. The fourth-order valence-electron chi connectivity index (χ4n) is 7.00. The summed E-state index contributed by atoms with van der Waals surface area (Å²) in [4.78, 5) is 40.3. The molecule has 4 aromatic heterocycles. The van der Waals surface area contributed by atoms with Crippen LogP contribution in [0.5, 0.6) is 0 Å². The van der Waals surface area contributed by atoms with Crippen molar-refractivity contribution in [3.05, 3.63) is 95.8 Å². The van der Waals surface area contributed by atoms with Crippen molar-refractivity contribution in [2.45, 2.75) is 39.0 Å². The number of nitriles is 2. The lowest BCUT2D eigenvalue weighted by molar-refractivity contribution is -0.137. The van der Waals surface area contributed by atoms with E-state index >= 15 is 0 Å². The molecule has 12 nitrogen and oxygen atoms in total. The lowest BCUT2D eigenvalue weighted by atomic mass is 9.92. The molecule has 0 radical (unpaired) electrons. The topological polar surface area (TPSA) is 209 Å². The Morgan fingerprint density at radius 2 is 1.03 bits per heavy atom. The van der Waals surface area contributed by atoms with Crippen molar-refractivity contribution < 1.29 is 35.9 Å². The number of hydrogen-bond donors (Lipinski definition) is 4. The van der Waals surface area contributed by atoms with Crippen LogP contribution in [0.25, 0.3) is 43.8 Å². The normalized spacial score (nSPS) is 18.1. The van der Waals surface area contributed by atoms with E-state index in [9.17, 15) is 35.9 Å². The molecule has 2 aromatic carbocycles. The number of nitrogens with two attached hydrogens (primary N) is 2. The quantitative estimate of drug-likeness (QED) is 0.0928. The predicted octanol–water partition coefficient (Wildman–Crippen LogP) is 8.61. The molecule has 0 saturated heterocycles. The van der Waals surface area contributed by atoms with Gasteiger partial charge in [-0.15, -0.1) is 0 Å². The van der Waals surface area contributed by atoms with Gasteiger partial charge in [-0.3, -0.25) is 19.6 Å². The Morgan fingerprint density at radius 1 is 0.650 bits per heavy atom. The molecule has 0 bridgehead atoms. The zero-order valence-corrected chi connectivity index (χ0v) is 31.6. The van der Waals surface area contributed by atoms with Crippen LogP contribution >= 0.6 is 0 Å². The number of aromatic nitrogens is 4. The van der Waals surface area contributed by atoms with Gasteiger partial charge in [0.1, 0.15) is 11.6 Å². The number of fused-ring (bicyclic) bond motifs is 2. The summed E-state index contributed by atoms with van der Waals surface area (Å²) < 4.78 is 83.2. The summed E-state index contributed by atoms with van der Waals surface area (Å²) in [6, 6.07) is 13.0. The van der Waals surface area contributed by atoms with Crippen molar-refractivity contribution in [1.29, 1.82) is 10.5 Å². The minimum atomic E-state index is -4.68. The van der Waals surface area contributed by atoms with Crippen LogP contribution in [0.15, 0.2) is 73.6 Å². The third-order valence-electron chi connectivity index (χ3n) is 10.4. The van der Waals surface area contributed by atoms with E-state index in [1.165, 1.54) is 61.4 Å². The van der Waals surface area contributed by atoms with Crippen LogP contribution in [-0.4, -0.2) is 31.8 Å². The van der Waals surface area contributed by atoms with Crippen LogP contribution in [0.2, 0.25) is 0 Å².